The maximum atomic E-state index is 14.1. The van der Waals surface area contributed by atoms with Crippen LogP contribution in [0.25, 0.3) is 0 Å². The van der Waals surface area contributed by atoms with Gasteiger partial charge in [-0.05, 0) is 31.1 Å². The SMILES string of the molecule is CCCNC(=O)[C@@H]1[C@@H]2CC(C)C3(S2)C(C(=O)NCCN2CCOCC2)N([C@@H](CO)CC(C)C)C(=O)[C@H]13. The average molecular weight is 525 g/mol. The topological polar surface area (TPSA) is 111 Å². The third kappa shape index (κ3) is 4.90. The second-order valence-electron chi connectivity index (χ2n) is 11.3. The highest BCUT2D eigenvalue weighted by molar-refractivity contribution is 8.02. The Kier molecular flexibility index (Phi) is 8.90. The number of ether oxygens (including phenoxy) is 1. The zero-order valence-corrected chi connectivity index (χ0v) is 23.0. The Morgan fingerprint density at radius 2 is 1.89 bits per heavy atom. The minimum Gasteiger partial charge on any atom is -0.394 e. The molecule has 3 N–H and O–H groups in total. The van der Waals surface area contributed by atoms with Gasteiger partial charge in [0.2, 0.25) is 17.7 Å². The van der Waals surface area contributed by atoms with Gasteiger partial charge in [-0.1, -0.05) is 27.7 Å². The van der Waals surface area contributed by atoms with Crippen LogP contribution < -0.4 is 10.6 Å². The number of aliphatic hydroxyl groups excluding tert-OH is 1. The van der Waals surface area contributed by atoms with Crippen molar-refractivity contribution in [3.05, 3.63) is 0 Å². The van der Waals surface area contributed by atoms with E-state index in [1.54, 1.807) is 16.7 Å². The van der Waals surface area contributed by atoms with Gasteiger partial charge in [0, 0.05) is 38.0 Å². The molecule has 0 aromatic carbocycles. The number of carbonyl (C=O) groups is 3. The lowest BCUT2D eigenvalue weighted by molar-refractivity contribution is -0.143. The van der Waals surface area contributed by atoms with Crippen LogP contribution in [0.3, 0.4) is 0 Å². The van der Waals surface area contributed by atoms with Crippen molar-refractivity contribution in [1.82, 2.24) is 20.4 Å². The van der Waals surface area contributed by atoms with Gasteiger partial charge < -0.3 is 25.4 Å². The molecule has 4 heterocycles. The van der Waals surface area contributed by atoms with Crippen molar-refractivity contribution in [2.24, 2.45) is 23.7 Å². The third-order valence-corrected chi connectivity index (χ3v) is 10.5. The second-order valence-corrected chi connectivity index (χ2v) is 12.8. The van der Waals surface area contributed by atoms with Crippen molar-refractivity contribution in [3.8, 4) is 0 Å². The van der Waals surface area contributed by atoms with E-state index >= 15 is 0 Å². The standard InChI is InChI=1S/C26H44N4O5S/c1-5-6-27-23(32)20-19-14-17(4)26(36-19)21(20)25(34)30(18(15-31)13-16(2)3)22(26)24(33)28-7-8-29-9-11-35-12-10-29/h16-22,31H,5-15H2,1-4H3,(H,27,32)(H,28,33)/t17?,18-,19+,20-,21+,22?,26?/m1/s1. The number of rotatable bonds is 11. The van der Waals surface area contributed by atoms with Crippen LogP contribution in [-0.2, 0) is 19.1 Å². The summed E-state index contributed by atoms with van der Waals surface area (Å²) in [7, 11) is 0. The minimum absolute atomic E-state index is 0.0364. The monoisotopic (exact) mass is 524 g/mol. The Balaban J connectivity index is 1.62. The first-order valence-electron chi connectivity index (χ1n) is 13.7. The highest BCUT2D eigenvalue weighted by Crippen LogP contribution is 2.68. The molecule has 4 aliphatic heterocycles. The lowest BCUT2D eigenvalue weighted by atomic mass is 9.66. The van der Waals surface area contributed by atoms with E-state index in [0.29, 0.717) is 32.7 Å². The van der Waals surface area contributed by atoms with E-state index < -0.39 is 28.7 Å². The molecule has 4 aliphatic rings. The van der Waals surface area contributed by atoms with Crippen molar-refractivity contribution in [1.29, 1.82) is 0 Å². The maximum Gasteiger partial charge on any atom is 0.244 e. The van der Waals surface area contributed by atoms with E-state index in [-0.39, 0.29) is 41.4 Å². The number of likely N-dealkylation sites (tertiary alicyclic amines) is 1. The number of fused-ring (bicyclic) bond motifs is 1. The summed E-state index contributed by atoms with van der Waals surface area (Å²) < 4.78 is 4.77. The van der Waals surface area contributed by atoms with Crippen molar-refractivity contribution in [3.63, 3.8) is 0 Å². The Hall–Kier alpha value is -1.36. The molecule has 0 aliphatic carbocycles. The average Bonchev–Trinajstić information content (AvgIpc) is 3.45. The lowest BCUT2D eigenvalue weighted by Crippen LogP contribution is -2.59. The molecule has 10 heteroatoms. The first-order valence-corrected chi connectivity index (χ1v) is 14.6. The van der Waals surface area contributed by atoms with Crippen LogP contribution in [0.5, 0.6) is 0 Å². The first-order chi connectivity index (χ1) is 17.3. The first kappa shape index (κ1) is 27.7. The highest BCUT2D eigenvalue weighted by Gasteiger charge is 2.76. The zero-order chi connectivity index (χ0) is 26.0. The molecule has 9 nitrogen and oxygen atoms in total. The van der Waals surface area contributed by atoms with Crippen LogP contribution in [0.15, 0.2) is 0 Å². The van der Waals surface area contributed by atoms with Crippen LogP contribution in [0.2, 0.25) is 0 Å². The number of carbonyl (C=O) groups excluding carboxylic acids is 3. The van der Waals surface area contributed by atoms with E-state index in [4.69, 9.17) is 4.74 Å². The molecule has 4 saturated heterocycles. The van der Waals surface area contributed by atoms with E-state index in [1.807, 2.05) is 6.92 Å². The van der Waals surface area contributed by atoms with Crippen molar-refractivity contribution in [2.75, 3.05) is 52.5 Å². The molecule has 3 unspecified atom stereocenters. The Morgan fingerprint density at radius 3 is 2.53 bits per heavy atom. The molecule has 4 rings (SSSR count). The summed E-state index contributed by atoms with van der Waals surface area (Å²) in [5, 5.41) is 16.5. The van der Waals surface area contributed by atoms with Gasteiger partial charge in [-0.25, -0.2) is 0 Å². The number of hydrogen-bond donors (Lipinski definition) is 3. The smallest absolute Gasteiger partial charge is 0.244 e. The molecule has 2 bridgehead atoms. The predicted molar refractivity (Wildman–Crippen MR) is 139 cm³/mol. The van der Waals surface area contributed by atoms with Crippen molar-refractivity contribution >= 4 is 29.5 Å². The van der Waals surface area contributed by atoms with Crippen LogP contribution in [0.4, 0.5) is 0 Å². The van der Waals surface area contributed by atoms with Crippen LogP contribution in [-0.4, -0.2) is 107 Å². The molecule has 0 saturated carbocycles. The van der Waals surface area contributed by atoms with E-state index in [0.717, 1.165) is 32.5 Å². The number of aliphatic hydroxyl groups is 1. The molecular formula is C26H44N4O5S. The van der Waals surface area contributed by atoms with E-state index in [2.05, 4.69) is 36.3 Å². The summed E-state index contributed by atoms with van der Waals surface area (Å²) >= 11 is 1.69. The predicted octanol–water partition coefficient (Wildman–Crippen LogP) is 0.705. The lowest BCUT2D eigenvalue weighted by Gasteiger charge is -2.40. The number of amides is 3. The van der Waals surface area contributed by atoms with Gasteiger partial charge in [0.25, 0.3) is 0 Å². The summed E-state index contributed by atoms with van der Waals surface area (Å²) in [5.41, 5.74) is 0. The summed E-state index contributed by atoms with van der Waals surface area (Å²) in [6.07, 6.45) is 2.26. The van der Waals surface area contributed by atoms with Gasteiger partial charge in [-0.15, -0.1) is 11.8 Å². The quantitative estimate of drug-likeness (QED) is 0.365. The fraction of sp³-hybridized carbons (Fsp3) is 0.885. The highest BCUT2D eigenvalue weighted by atomic mass is 32.2. The van der Waals surface area contributed by atoms with Crippen LogP contribution in [0.1, 0.15) is 47.0 Å². The van der Waals surface area contributed by atoms with Gasteiger partial charge in [-0.3, -0.25) is 19.3 Å². The number of nitrogens with zero attached hydrogens (tertiary/aromatic N) is 2. The van der Waals surface area contributed by atoms with Crippen molar-refractivity contribution in [2.45, 2.75) is 69.0 Å². The van der Waals surface area contributed by atoms with Gasteiger partial charge >= 0.3 is 0 Å². The summed E-state index contributed by atoms with van der Waals surface area (Å²) in [6.45, 7) is 13.0. The van der Waals surface area contributed by atoms with E-state index in [9.17, 15) is 19.5 Å². The molecule has 204 valence electrons. The summed E-state index contributed by atoms with van der Waals surface area (Å²) in [5.74, 6) is -0.962. The molecule has 0 radical (unpaired) electrons. The maximum absolute atomic E-state index is 14.1. The molecular weight excluding hydrogens is 480 g/mol. The Morgan fingerprint density at radius 1 is 1.19 bits per heavy atom. The van der Waals surface area contributed by atoms with Gasteiger partial charge in [0.05, 0.1) is 42.4 Å². The molecule has 0 aromatic heterocycles. The molecule has 36 heavy (non-hydrogen) atoms. The number of hydrogen-bond acceptors (Lipinski definition) is 7. The number of morpholine rings is 1. The zero-order valence-electron chi connectivity index (χ0n) is 22.2. The molecule has 0 aromatic rings. The summed E-state index contributed by atoms with van der Waals surface area (Å²) in [6, 6.07) is -1.14. The fourth-order valence-electron chi connectivity index (χ4n) is 6.90. The van der Waals surface area contributed by atoms with Crippen LogP contribution >= 0.6 is 11.8 Å². The Labute approximate surface area is 219 Å². The summed E-state index contributed by atoms with van der Waals surface area (Å²) in [4.78, 5) is 45.3. The molecule has 3 amide bonds. The molecule has 4 fully saturated rings. The number of thioether (sulfide) groups is 1. The normalized spacial score (nSPS) is 34.8. The molecule has 1 spiro atoms. The van der Waals surface area contributed by atoms with E-state index in [1.165, 1.54) is 0 Å². The van der Waals surface area contributed by atoms with Crippen molar-refractivity contribution < 1.29 is 24.2 Å². The number of nitrogens with one attached hydrogen (secondary N) is 2. The minimum atomic E-state index is -0.690. The molecule has 7 atom stereocenters. The van der Waals surface area contributed by atoms with Gasteiger partial charge in [0.15, 0.2) is 0 Å². The Bertz CT molecular complexity index is 822. The third-order valence-electron chi connectivity index (χ3n) is 8.46. The van der Waals surface area contributed by atoms with Crippen LogP contribution in [0, 0.1) is 23.7 Å². The largest absolute Gasteiger partial charge is 0.394 e. The van der Waals surface area contributed by atoms with Gasteiger partial charge in [0.1, 0.15) is 6.04 Å². The van der Waals surface area contributed by atoms with Gasteiger partial charge in [-0.2, -0.15) is 0 Å². The second kappa shape index (κ2) is 11.6. The fourth-order valence-corrected chi connectivity index (χ4v) is 9.31.